The van der Waals surface area contributed by atoms with E-state index >= 15 is 0 Å². The first-order chi connectivity index (χ1) is 27.4. The molecular weight excluding hydrogens is 735 g/mol. The Bertz CT molecular complexity index is 961. The van der Waals surface area contributed by atoms with Gasteiger partial charge in [0.15, 0.2) is 0 Å². The van der Waals surface area contributed by atoms with E-state index in [0.29, 0.717) is 23.9 Å². The number of amides is 1. The molecule has 4 N–H and O–H groups in total. The number of hydrogen-bond acceptors (Lipinski definition) is 6. The summed E-state index contributed by atoms with van der Waals surface area (Å²) in [6.45, 7) is 4.61. The lowest BCUT2D eigenvalue weighted by Gasteiger charge is -2.28. The van der Waals surface area contributed by atoms with Crippen molar-refractivity contribution in [1.29, 1.82) is 0 Å². The third kappa shape index (κ3) is 40.4. The number of phosphoric ester groups is 1. The molecule has 4 atom stereocenters. The van der Waals surface area contributed by atoms with Crippen molar-refractivity contribution in [2.45, 2.75) is 244 Å². The molecule has 0 fully saturated rings. The van der Waals surface area contributed by atoms with Gasteiger partial charge in [0.25, 0.3) is 0 Å². The standard InChI is InChI=1S/C47H95N2O7P/c1-6-8-10-12-14-16-18-20-21-22-23-24-25-26-27-28-30-32-34-36-38-40-46(51)48-44(43-56-57(53,54)55-42-41-49(3,4)5)47(52)45(50)39-37-35-33-31-29-19-17-15-13-11-9-7-2/h22-23,44-45,47,50,52H,6-21,24-43H2,1-5H3,(H-,48,51,53,54)/p+1/b23-22-. The first kappa shape index (κ1) is 56.2. The highest BCUT2D eigenvalue weighted by Gasteiger charge is 2.31. The first-order valence-electron chi connectivity index (χ1n) is 24.1. The lowest BCUT2D eigenvalue weighted by molar-refractivity contribution is -0.870. The molecule has 0 heterocycles. The number of nitrogens with one attached hydrogen (secondary N) is 1. The molecule has 10 heteroatoms. The van der Waals surface area contributed by atoms with Gasteiger partial charge < -0.3 is 24.9 Å². The fraction of sp³-hybridized carbons (Fsp3) is 0.936. The van der Waals surface area contributed by atoms with Crippen LogP contribution in [0.25, 0.3) is 0 Å². The van der Waals surface area contributed by atoms with Crippen molar-refractivity contribution >= 4 is 13.7 Å². The van der Waals surface area contributed by atoms with Crippen LogP contribution in [0.3, 0.4) is 0 Å². The molecule has 57 heavy (non-hydrogen) atoms. The topological polar surface area (TPSA) is 125 Å². The Kier molecular flexibility index (Phi) is 38.8. The Morgan fingerprint density at radius 2 is 0.982 bits per heavy atom. The van der Waals surface area contributed by atoms with Gasteiger partial charge in [-0.2, -0.15) is 0 Å². The van der Waals surface area contributed by atoms with E-state index in [1.807, 2.05) is 21.1 Å². The number of unbranched alkanes of at least 4 members (excludes halogenated alkanes) is 28. The van der Waals surface area contributed by atoms with Gasteiger partial charge in [-0.3, -0.25) is 13.8 Å². The summed E-state index contributed by atoms with van der Waals surface area (Å²) in [7, 11) is 1.44. The van der Waals surface area contributed by atoms with E-state index in [-0.39, 0.29) is 12.5 Å². The highest BCUT2D eigenvalue weighted by atomic mass is 31.2. The van der Waals surface area contributed by atoms with Gasteiger partial charge in [-0.15, -0.1) is 0 Å². The van der Waals surface area contributed by atoms with Crippen molar-refractivity contribution in [1.82, 2.24) is 5.32 Å². The van der Waals surface area contributed by atoms with Crippen LogP contribution in [0.1, 0.15) is 226 Å². The number of likely N-dealkylation sites (N-methyl/N-ethyl adjacent to an activating group) is 1. The minimum Gasteiger partial charge on any atom is -0.390 e. The lowest BCUT2D eigenvalue weighted by Crippen LogP contribution is -2.51. The van der Waals surface area contributed by atoms with Crippen LogP contribution in [0.15, 0.2) is 12.2 Å². The molecule has 0 saturated heterocycles. The van der Waals surface area contributed by atoms with Gasteiger partial charge in [0.2, 0.25) is 5.91 Å². The summed E-state index contributed by atoms with van der Waals surface area (Å²) in [6, 6.07) is -1.03. The molecule has 0 aromatic rings. The molecule has 0 rings (SSSR count). The predicted molar refractivity (Wildman–Crippen MR) is 241 cm³/mol. The fourth-order valence-corrected chi connectivity index (χ4v) is 7.93. The van der Waals surface area contributed by atoms with Crippen molar-refractivity contribution in [3.8, 4) is 0 Å². The molecule has 0 bridgehead atoms. The van der Waals surface area contributed by atoms with E-state index in [1.54, 1.807) is 0 Å². The zero-order valence-corrected chi connectivity index (χ0v) is 39.1. The maximum absolute atomic E-state index is 12.9. The Morgan fingerprint density at radius 3 is 1.40 bits per heavy atom. The molecule has 0 radical (unpaired) electrons. The van der Waals surface area contributed by atoms with Crippen LogP contribution in [-0.4, -0.2) is 84.6 Å². The van der Waals surface area contributed by atoms with Crippen LogP contribution in [-0.2, 0) is 18.4 Å². The lowest BCUT2D eigenvalue weighted by atomic mass is 9.99. The summed E-state index contributed by atoms with van der Waals surface area (Å²) >= 11 is 0. The van der Waals surface area contributed by atoms with E-state index in [2.05, 4.69) is 31.3 Å². The molecular formula is C47H96N2O7P+. The maximum Gasteiger partial charge on any atom is 0.472 e. The van der Waals surface area contributed by atoms with Crippen LogP contribution < -0.4 is 5.32 Å². The zero-order chi connectivity index (χ0) is 42.3. The highest BCUT2D eigenvalue weighted by molar-refractivity contribution is 7.47. The Labute approximate surface area is 353 Å². The number of aliphatic hydroxyl groups is 2. The SMILES string of the molecule is CCCCCCCCCC/C=C\CCCCCCCCCCCC(=O)NC(COP(=O)(O)OCC[N+](C)(C)C)C(O)C(O)CCCCCCCCCCCCCC. The van der Waals surface area contributed by atoms with Gasteiger partial charge >= 0.3 is 7.82 Å². The van der Waals surface area contributed by atoms with Gasteiger partial charge in [0.05, 0.1) is 39.9 Å². The number of rotatable bonds is 44. The number of aliphatic hydroxyl groups excluding tert-OH is 2. The Balaban J connectivity index is 4.36. The minimum absolute atomic E-state index is 0.0233. The second-order valence-electron chi connectivity index (χ2n) is 18.0. The second kappa shape index (κ2) is 39.3. The van der Waals surface area contributed by atoms with Crippen LogP contribution in [0.5, 0.6) is 0 Å². The van der Waals surface area contributed by atoms with E-state index < -0.39 is 32.7 Å². The van der Waals surface area contributed by atoms with Crippen molar-refractivity contribution in [2.75, 3.05) is 40.9 Å². The second-order valence-corrected chi connectivity index (χ2v) is 19.4. The largest absolute Gasteiger partial charge is 0.472 e. The monoisotopic (exact) mass is 832 g/mol. The van der Waals surface area contributed by atoms with Crippen LogP contribution in [0.4, 0.5) is 0 Å². The fourth-order valence-electron chi connectivity index (χ4n) is 7.20. The number of carbonyl (C=O) groups is 1. The average Bonchev–Trinajstić information content (AvgIpc) is 3.16. The van der Waals surface area contributed by atoms with Crippen molar-refractivity contribution < 1.29 is 38.0 Å². The summed E-state index contributed by atoms with van der Waals surface area (Å²) in [6.07, 6.45) is 41.3. The molecule has 0 aliphatic carbocycles. The molecule has 0 saturated carbocycles. The van der Waals surface area contributed by atoms with Gasteiger partial charge in [-0.05, 0) is 38.5 Å². The van der Waals surface area contributed by atoms with Gasteiger partial charge in [0, 0.05) is 6.42 Å². The average molecular weight is 832 g/mol. The smallest absolute Gasteiger partial charge is 0.390 e. The van der Waals surface area contributed by atoms with Gasteiger partial charge in [-0.1, -0.05) is 193 Å². The third-order valence-electron chi connectivity index (χ3n) is 11.1. The third-order valence-corrected chi connectivity index (χ3v) is 12.1. The zero-order valence-electron chi connectivity index (χ0n) is 38.2. The molecule has 0 aromatic carbocycles. The van der Waals surface area contributed by atoms with Crippen LogP contribution >= 0.6 is 7.82 Å². The molecule has 9 nitrogen and oxygen atoms in total. The summed E-state index contributed by atoms with van der Waals surface area (Å²) in [5.74, 6) is -0.259. The summed E-state index contributed by atoms with van der Waals surface area (Å²) in [5.41, 5.74) is 0. The van der Waals surface area contributed by atoms with E-state index in [0.717, 1.165) is 38.5 Å². The van der Waals surface area contributed by atoms with E-state index in [4.69, 9.17) is 9.05 Å². The highest BCUT2D eigenvalue weighted by Crippen LogP contribution is 2.43. The number of allylic oxidation sites excluding steroid dienone is 2. The molecule has 0 aliphatic rings. The molecule has 4 unspecified atom stereocenters. The maximum atomic E-state index is 12.9. The van der Waals surface area contributed by atoms with Gasteiger partial charge in [-0.25, -0.2) is 4.57 Å². The quantitative estimate of drug-likeness (QED) is 0.0208. The molecule has 340 valence electrons. The Morgan fingerprint density at radius 1 is 0.596 bits per heavy atom. The summed E-state index contributed by atoms with van der Waals surface area (Å²) < 4.78 is 23.5. The predicted octanol–water partition coefficient (Wildman–Crippen LogP) is 12.5. The number of hydrogen-bond donors (Lipinski definition) is 4. The number of quaternary nitrogens is 1. The van der Waals surface area contributed by atoms with E-state index in [1.165, 1.54) is 161 Å². The van der Waals surface area contributed by atoms with Crippen LogP contribution in [0.2, 0.25) is 0 Å². The number of carbonyl (C=O) groups excluding carboxylic acids is 1. The Hall–Kier alpha value is -0.800. The molecule has 1 amide bonds. The van der Waals surface area contributed by atoms with Crippen molar-refractivity contribution in [3.05, 3.63) is 12.2 Å². The normalized spacial score (nSPS) is 14.9. The van der Waals surface area contributed by atoms with E-state index in [9.17, 15) is 24.5 Å². The number of phosphoric acid groups is 1. The van der Waals surface area contributed by atoms with Crippen LogP contribution in [0, 0.1) is 0 Å². The first-order valence-corrected chi connectivity index (χ1v) is 25.6. The van der Waals surface area contributed by atoms with Crippen molar-refractivity contribution in [2.24, 2.45) is 0 Å². The molecule has 0 spiro atoms. The number of nitrogens with zero attached hydrogens (tertiary/aromatic N) is 1. The summed E-state index contributed by atoms with van der Waals surface area (Å²) in [4.78, 5) is 23.2. The molecule has 0 aromatic heterocycles. The van der Waals surface area contributed by atoms with Gasteiger partial charge in [0.1, 0.15) is 19.3 Å². The summed E-state index contributed by atoms with van der Waals surface area (Å²) in [5, 5.41) is 24.7. The van der Waals surface area contributed by atoms with Crippen molar-refractivity contribution in [3.63, 3.8) is 0 Å². The molecule has 0 aliphatic heterocycles. The minimum atomic E-state index is -4.41.